The van der Waals surface area contributed by atoms with E-state index in [1.807, 2.05) is 20.8 Å². The molecule has 1 aromatic rings. The van der Waals surface area contributed by atoms with E-state index in [9.17, 15) is 14.3 Å². The fourth-order valence-corrected chi connectivity index (χ4v) is 2.90. The summed E-state index contributed by atoms with van der Waals surface area (Å²) in [7, 11) is 0. The summed E-state index contributed by atoms with van der Waals surface area (Å²) in [4.78, 5) is 14.4. The van der Waals surface area contributed by atoms with Crippen molar-refractivity contribution in [3.63, 3.8) is 0 Å². The number of hydrogen-bond donors (Lipinski definition) is 1. The molecule has 0 radical (unpaired) electrons. The third kappa shape index (κ3) is 3.56. The van der Waals surface area contributed by atoms with Crippen molar-refractivity contribution in [3.05, 3.63) is 23.5 Å². The molecule has 2 rings (SSSR count). The minimum absolute atomic E-state index is 0.311. The molecule has 0 aromatic heterocycles. The van der Waals surface area contributed by atoms with Crippen molar-refractivity contribution < 1.29 is 19.0 Å². The zero-order valence-electron chi connectivity index (χ0n) is 11.8. The summed E-state index contributed by atoms with van der Waals surface area (Å²) in [5, 5.41) is 9.46. The summed E-state index contributed by atoms with van der Waals surface area (Å²) in [6.07, 6.45) is -0.394. The van der Waals surface area contributed by atoms with Gasteiger partial charge in [-0.3, -0.25) is 0 Å². The first kappa shape index (κ1) is 15.0. The number of hydrogen-bond acceptors (Lipinski definition) is 4. The van der Waals surface area contributed by atoms with E-state index in [-0.39, 0.29) is 0 Å². The van der Waals surface area contributed by atoms with Crippen LogP contribution in [0.15, 0.2) is 17.0 Å². The molecule has 1 aliphatic rings. The third-order valence-electron chi connectivity index (χ3n) is 2.76. The molecule has 0 saturated carbocycles. The number of benzene rings is 1. The SMILES string of the molecule is CC(C)(C)OC(=O)N1CCSc2cc(F)c(O)cc2C1. The van der Waals surface area contributed by atoms with Crippen LogP contribution in [0.1, 0.15) is 26.3 Å². The molecule has 0 aliphatic carbocycles. The lowest BCUT2D eigenvalue weighted by Gasteiger charge is -2.26. The van der Waals surface area contributed by atoms with Gasteiger partial charge >= 0.3 is 6.09 Å². The van der Waals surface area contributed by atoms with Gasteiger partial charge in [0.2, 0.25) is 0 Å². The van der Waals surface area contributed by atoms with Crippen molar-refractivity contribution in [1.29, 1.82) is 0 Å². The second-order valence-corrected chi connectivity index (χ2v) is 6.80. The van der Waals surface area contributed by atoms with Crippen molar-refractivity contribution in [1.82, 2.24) is 4.90 Å². The van der Waals surface area contributed by atoms with Crippen LogP contribution in [0.25, 0.3) is 0 Å². The standard InChI is InChI=1S/C14H18FNO3S/c1-14(2,3)19-13(18)16-4-5-20-12-7-10(15)11(17)6-9(12)8-16/h6-7,17H,4-5,8H2,1-3H3. The van der Waals surface area contributed by atoms with Crippen molar-refractivity contribution in [2.45, 2.75) is 37.8 Å². The number of halogens is 1. The number of phenolic OH excluding ortho intramolecular Hbond substituents is 1. The number of ether oxygens (including phenoxy) is 1. The van der Waals surface area contributed by atoms with Gasteiger partial charge in [-0.15, -0.1) is 11.8 Å². The van der Waals surface area contributed by atoms with Crippen molar-refractivity contribution in [3.8, 4) is 5.75 Å². The van der Waals surface area contributed by atoms with Gasteiger partial charge in [0.15, 0.2) is 11.6 Å². The molecule has 1 heterocycles. The summed E-state index contributed by atoms with van der Waals surface area (Å²) >= 11 is 1.47. The van der Waals surface area contributed by atoms with Crippen molar-refractivity contribution in [2.24, 2.45) is 0 Å². The van der Waals surface area contributed by atoms with Gasteiger partial charge < -0.3 is 14.7 Å². The Morgan fingerprint density at radius 2 is 2.15 bits per heavy atom. The molecule has 110 valence electrons. The summed E-state index contributed by atoms with van der Waals surface area (Å²) in [5.41, 5.74) is 0.182. The molecule has 0 unspecified atom stereocenters. The second-order valence-electron chi connectivity index (χ2n) is 5.66. The highest BCUT2D eigenvalue weighted by atomic mass is 32.2. The van der Waals surface area contributed by atoms with Gasteiger partial charge in [0.05, 0.1) is 6.54 Å². The number of fused-ring (bicyclic) bond motifs is 1. The molecule has 0 atom stereocenters. The van der Waals surface area contributed by atoms with Crippen LogP contribution in [0.4, 0.5) is 9.18 Å². The summed E-state index contributed by atoms with van der Waals surface area (Å²) in [6.45, 7) is 6.27. The first-order valence-electron chi connectivity index (χ1n) is 6.38. The summed E-state index contributed by atoms with van der Waals surface area (Å²) < 4.78 is 18.7. The van der Waals surface area contributed by atoms with E-state index in [0.29, 0.717) is 18.8 Å². The first-order valence-corrected chi connectivity index (χ1v) is 7.37. The van der Waals surface area contributed by atoms with E-state index in [4.69, 9.17) is 4.74 Å². The topological polar surface area (TPSA) is 49.8 Å². The molecule has 20 heavy (non-hydrogen) atoms. The van der Waals surface area contributed by atoms with Crippen molar-refractivity contribution in [2.75, 3.05) is 12.3 Å². The number of nitrogens with zero attached hydrogens (tertiary/aromatic N) is 1. The lowest BCUT2D eigenvalue weighted by Crippen LogP contribution is -2.37. The zero-order valence-corrected chi connectivity index (χ0v) is 12.6. The monoisotopic (exact) mass is 299 g/mol. The van der Waals surface area contributed by atoms with Crippen LogP contribution in [0.2, 0.25) is 0 Å². The average Bonchev–Trinajstić information content (AvgIpc) is 2.50. The predicted molar refractivity (Wildman–Crippen MR) is 75.4 cm³/mol. The molecular formula is C14H18FNO3S. The van der Waals surface area contributed by atoms with Crippen LogP contribution in [0.5, 0.6) is 5.75 Å². The molecule has 1 amide bonds. The molecule has 0 spiro atoms. The Bertz CT molecular complexity index is 528. The van der Waals surface area contributed by atoms with Gasteiger partial charge in [0.1, 0.15) is 5.60 Å². The number of rotatable bonds is 0. The van der Waals surface area contributed by atoms with Crippen molar-refractivity contribution >= 4 is 17.9 Å². The lowest BCUT2D eigenvalue weighted by atomic mass is 10.2. The van der Waals surface area contributed by atoms with Gasteiger partial charge in [0, 0.05) is 17.2 Å². The molecule has 1 N–H and O–H groups in total. The highest BCUT2D eigenvalue weighted by Gasteiger charge is 2.25. The average molecular weight is 299 g/mol. The zero-order chi connectivity index (χ0) is 14.9. The minimum atomic E-state index is -0.637. The lowest BCUT2D eigenvalue weighted by molar-refractivity contribution is 0.0246. The molecule has 0 fully saturated rings. The Balaban J connectivity index is 2.19. The van der Waals surface area contributed by atoms with Crippen LogP contribution >= 0.6 is 11.8 Å². The van der Waals surface area contributed by atoms with Gasteiger partial charge in [-0.1, -0.05) is 0 Å². The Morgan fingerprint density at radius 3 is 2.80 bits per heavy atom. The number of carbonyl (C=O) groups excluding carboxylic acids is 1. The Kier molecular flexibility index (Phi) is 4.13. The molecule has 1 aliphatic heterocycles. The van der Waals surface area contributed by atoms with E-state index in [1.165, 1.54) is 23.9 Å². The van der Waals surface area contributed by atoms with Gasteiger partial charge in [-0.2, -0.15) is 0 Å². The van der Waals surface area contributed by atoms with Gasteiger partial charge in [-0.25, -0.2) is 9.18 Å². The Morgan fingerprint density at radius 1 is 1.45 bits per heavy atom. The third-order valence-corrected chi connectivity index (χ3v) is 3.84. The Labute approximate surface area is 121 Å². The quantitative estimate of drug-likeness (QED) is 0.798. The number of thioether (sulfide) groups is 1. The summed E-state index contributed by atoms with van der Waals surface area (Å²) in [5.74, 6) is -0.367. The van der Waals surface area contributed by atoms with E-state index in [0.717, 1.165) is 10.5 Å². The molecule has 0 saturated heterocycles. The smallest absolute Gasteiger partial charge is 0.410 e. The fraction of sp³-hybridized carbons (Fsp3) is 0.500. The second kappa shape index (κ2) is 5.52. The minimum Gasteiger partial charge on any atom is -0.505 e. The molecular weight excluding hydrogens is 281 g/mol. The molecule has 1 aromatic carbocycles. The van der Waals surface area contributed by atoms with Crippen LogP contribution in [-0.2, 0) is 11.3 Å². The van der Waals surface area contributed by atoms with Gasteiger partial charge in [-0.05, 0) is 38.5 Å². The van der Waals surface area contributed by atoms with E-state index in [2.05, 4.69) is 0 Å². The van der Waals surface area contributed by atoms with E-state index < -0.39 is 23.3 Å². The van der Waals surface area contributed by atoms with Crippen LogP contribution < -0.4 is 0 Å². The highest BCUT2D eigenvalue weighted by molar-refractivity contribution is 7.99. The molecule has 4 nitrogen and oxygen atoms in total. The number of phenols is 1. The Hall–Kier alpha value is -1.43. The highest BCUT2D eigenvalue weighted by Crippen LogP contribution is 2.32. The normalized spacial score (nSPS) is 15.5. The predicted octanol–water partition coefficient (Wildman–Crippen LogP) is 3.37. The van der Waals surface area contributed by atoms with E-state index >= 15 is 0 Å². The molecule has 0 bridgehead atoms. The van der Waals surface area contributed by atoms with Gasteiger partial charge in [0.25, 0.3) is 0 Å². The summed E-state index contributed by atoms with van der Waals surface area (Å²) in [6, 6.07) is 2.69. The first-order chi connectivity index (χ1) is 9.26. The number of aromatic hydroxyl groups is 1. The van der Waals surface area contributed by atoms with Crippen LogP contribution in [0.3, 0.4) is 0 Å². The molecule has 6 heteroatoms. The van der Waals surface area contributed by atoms with Crippen LogP contribution in [0, 0.1) is 5.82 Å². The number of carbonyl (C=O) groups is 1. The van der Waals surface area contributed by atoms with E-state index in [1.54, 1.807) is 4.90 Å². The fourth-order valence-electron chi connectivity index (χ4n) is 1.88. The maximum Gasteiger partial charge on any atom is 0.410 e. The largest absolute Gasteiger partial charge is 0.505 e. The maximum absolute atomic E-state index is 13.3. The maximum atomic E-state index is 13.3. The number of amides is 1. The van der Waals surface area contributed by atoms with Crippen LogP contribution in [-0.4, -0.2) is 34.0 Å².